The predicted octanol–water partition coefficient (Wildman–Crippen LogP) is 2.92. The Kier molecular flexibility index (Phi) is 3.10. The number of aromatic hydroxyl groups is 1. The number of aryl methyl sites for hydroxylation is 1. The van der Waals surface area contributed by atoms with Crippen LogP contribution in [0.3, 0.4) is 0 Å². The Morgan fingerprint density at radius 1 is 1.12 bits per heavy atom. The summed E-state index contributed by atoms with van der Waals surface area (Å²) in [7, 11) is 0. The standard InChI is InChI=1S/C14H12O3/c1-10-5-7-11(8-6-10)14(16)17-13-4-2-3-12(15)9-13/h2-9,15H,1H3. The highest BCUT2D eigenvalue weighted by Gasteiger charge is 2.08. The van der Waals surface area contributed by atoms with Crippen LogP contribution in [0, 0.1) is 6.92 Å². The molecule has 0 aromatic heterocycles. The third kappa shape index (κ3) is 2.84. The van der Waals surface area contributed by atoms with Crippen LogP contribution in [0.5, 0.6) is 11.5 Å². The molecule has 0 aliphatic carbocycles. The molecule has 3 heteroatoms. The van der Waals surface area contributed by atoms with Gasteiger partial charge in [0.15, 0.2) is 0 Å². The molecule has 0 radical (unpaired) electrons. The van der Waals surface area contributed by atoms with E-state index in [2.05, 4.69) is 0 Å². The van der Waals surface area contributed by atoms with Crippen molar-refractivity contribution in [1.82, 2.24) is 0 Å². The number of carbonyl (C=O) groups is 1. The fourth-order valence-electron chi connectivity index (χ4n) is 1.40. The highest BCUT2D eigenvalue weighted by molar-refractivity contribution is 5.91. The van der Waals surface area contributed by atoms with Crippen molar-refractivity contribution in [1.29, 1.82) is 0 Å². The lowest BCUT2D eigenvalue weighted by atomic mass is 10.1. The highest BCUT2D eigenvalue weighted by atomic mass is 16.5. The van der Waals surface area contributed by atoms with E-state index in [1.165, 1.54) is 12.1 Å². The van der Waals surface area contributed by atoms with Crippen LogP contribution in [0.4, 0.5) is 0 Å². The number of hydrogen-bond donors (Lipinski definition) is 1. The summed E-state index contributed by atoms with van der Waals surface area (Å²) < 4.78 is 5.12. The lowest BCUT2D eigenvalue weighted by molar-refractivity contribution is 0.0734. The molecule has 0 saturated heterocycles. The smallest absolute Gasteiger partial charge is 0.343 e. The maximum Gasteiger partial charge on any atom is 0.343 e. The van der Waals surface area contributed by atoms with E-state index in [4.69, 9.17) is 4.74 Å². The summed E-state index contributed by atoms with van der Waals surface area (Å²) in [5.74, 6) is -0.0367. The summed E-state index contributed by atoms with van der Waals surface area (Å²) in [5, 5.41) is 9.24. The molecule has 0 fully saturated rings. The fraction of sp³-hybridized carbons (Fsp3) is 0.0714. The minimum absolute atomic E-state index is 0.0687. The van der Waals surface area contributed by atoms with Gasteiger partial charge in [0.05, 0.1) is 5.56 Å². The molecule has 86 valence electrons. The van der Waals surface area contributed by atoms with Crippen molar-refractivity contribution >= 4 is 5.97 Å². The van der Waals surface area contributed by atoms with Crippen LogP contribution in [0.2, 0.25) is 0 Å². The molecule has 2 aromatic carbocycles. The molecule has 3 nitrogen and oxygen atoms in total. The Morgan fingerprint density at radius 2 is 1.82 bits per heavy atom. The lowest BCUT2D eigenvalue weighted by Gasteiger charge is -2.04. The van der Waals surface area contributed by atoms with Crippen molar-refractivity contribution in [2.75, 3.05) is 0 Å². The summed E-state index contributed by atoms with van der Waals surface area (Å²) in [6, 6.07) is 13.3. The van der Waals surface area contributed by atoms with Gasteiger partial charge in [-0.2, -0.15) is 0 Å². The Morgan fingerprint density at radius 3 is 2.47 bits per heavy atom. The largest absolute Gasteiger partial charge is 0.508 e. The van der Waals surface area contributed by atoms with E-state index in [-0.39, 0.29) is 5.75 Å². The van der Waals surface area contributed by atoms with E-state index in [0.717, 1.165) is 5.56 Å². The van der Waals surface area contributed by atoms with E-state index < -0.39 is 5.97 Å². The molecule has 2 rings (SSSR count). The molecule has 0 bridgehead atoms. The topological polar surface area (TPSA) is 46.5 Å². The minimum atomic E-state index is -0.435. The molecule has 0 aliphatic heterocycles. The summed E-state index contributed by atoms with van der Waals surface area (Å²) in [6.45, 7) is 1.95. The van der Waals surface area contributed by atoms with Crippen molar-refractivity contribution in [2.24, 2.45) is 0 Å². The monoisotopic (exact) mass is 228 g/mol. The minimum Gasteiger partial charge on any atom is -0.508 e. The highest BCUT2D eigenvalue weighted by Crippen LogP contribution is 2.19. The van der Waals surface area contributed by atoms with Gasteiger partial charge >= 0.3 is 5.97 Å². The molecule has 0 spiro atoms. The molecule has 17 heavy (non-hydrogen) atoms. The third-order valence-corrected chi connectivity index (χ3v) is 2.32. The number of phenols is 1. The maximum absolute atomic E-state index is 11.7. The Hall–Kier alpha value is -2.29. The van der Waals surface area contributed by atoms with Crippen LogP contribution >= 0.6 is 0 Å². The van der Waals surface area contributed by atoms with E-state index in [1.807, 2.05) is 19.1 Å². The van der Waals surface area contributed by atoms with Gasteiger partial charge in [0.25, 0.3) is 0 Å². The second kappa shape index (κ2) is 4.70. The van der Waals surface area contributed by atoms with Gasteiger partial charge in [-0.3, -0.25) is 0 Å². The Bertz CT molecular complexity index is 529. The first kappa shape index (κ1) is 11.2. The second-order valence-corrected chi connectivity index (χ2v) is 3.75. The fourth-order valence-corrected chi connectivity index (χ4v) is 1.40. The average Bonchev–Trinajstić information content (AvgIpc) is 2.29. The number of phenolic OH excluding ortho intramolecular Hbond substituents is 1. The summed E-state index contributed by atoms with van der Waals surface area (Å²) >= 11 is 0. The van der Waals surface area contributed by atoms with Crippen LogP contribution < -0.4 is 4.74 Å². The molecule has 0 saturated carbocycles. The van der Waals surface area contributed by atoms with Gasteiger partial charge in [-0.05, 0) is 31.2 Å². The van der Waals surface area contributed by atoms with E-state index in [9.17, 15) is 9.90 Å². The predicted molar refractivity (Wildman–Crippen MR) is 64.2 cm³/mol. The van der Waals surface area contributed by atoms with Gasteiger partial charge in [-0.1, -0.05) is 23.8 Å². The Labute approximate surface area is 99.3 Å². The molecule has 1 N–H and O–H groups in total. The SMILES string of the molecule is Cc1ccc(C(=O)Oc2cccc(O)c2)cc1. The number of hydrogen-bond acceptors (Lipinski definition) is 3. The van der Waals surface area contributed by atoms with E-state index in [1.54, 1.807) is 24.3 Å². The van der Waals surface area contributed by atoms with Crippen molar-refractivity contribution in [3.8, 4) is 11.5 Å². The van der Waals surface area contributed by atoms with Crippen molar-refractivity contribution < 1.29 is 14.6 Å². The zero-order chi connectivity index (χ0) is 12.3. The maximum atomic E-state index is 11.7. The van der Waals surface area contributed by atoms with Crippen LogP contribution in [0.1, 0.15) is 15.9 Å². The third-order valence-electron chi connectivity index (χ3n) is 2.32. The first-order valence-electron chi connectivity index (χ1n) is 5.23. The van der Waals surface area contributed by atoms with Gasteiger partial charge in [0.1, 0.15) is 11.5 Å². The summed E-state index contributed by atoms with van der Waals surface area (Å²) in [5.41, 5.74) is 1.57. The normalized spacial score (nSPS) is 9.94. The molecule has 0 heterocycles. The molecule has 0 aliphatic rings. The number of esters is 1. The van der Waals surface area contributed by atoms with E-state index in [0.29, 0.717) is 11.3 Å². The number of benzene rings is 2. The van der Waals surface area contributed by atoms with Gasteiger partial charge in [0.2, 0.25) is 0 Å². The van der Waals surface area contributed by atoms with Crippen LogP contribution in [-0.2, 0) is 0 Å². The molecule has 2 aromatic rings. The second-order valence-electron chi connectivity index (χ2n) is 3.75. The first-order valence-corrected chi connectivity index (χ1v) is 5.23. The summed E-state index contributed by atoms with van der Waals surface area (Å²) in [6.07, 6.45) is 0. The molecular formula is C14H12O3. The number of carbonyl (C=O) groups excluding carboxylic acids is 1. The van der Waals surface area contributed by atoms with Crippen molar-refractivity contribution in [2.45, 2.75) is 6.92 Å². The lowest BCUT2D eigenvalue weighted by Crippen LogP contribution is -2.08. The van der Waals surface area contributed by atoms with Gasteiger partial charge in [-0.15, -0.1) is 0 Å². The zero-order valence-electron chi connectivity index (χ0n) is 9.38. The van der Waals surface area contributed by atoms with Crippen LogP contribution in [-0.4, -0.2) is 11.1 Å². The van der Waals surface area contributed by atoms with Gasteiger partial charge < -0.3 is 9.84 Å². The molecular weight excluding hydrogens is 216 g/mol. The number of rotatable bonds is 2. The van der Waals surface area contributed by atoms with Gasteiger partial charge in [-0.25, -0.2) is 4.79 Å². The summed E-state index contributed by atoms with van der Waals surface area (Å²) in [4.78, 5) is 11.7. The molecule has 0 atom stereocenters. The number of ether oxygens (including phenoxy) is 1. The quantitative estimate of drug-likeness (QED) is 0.635. The van der Waals surface area contributed by atoms with Crippen molar-refractivity contribution in [3.05, 3.63) is 59.7 Å². The van der Waals surface area contributed by atoms with Crippen molar-refractivity contribution in [3.63, 3.8) is 0 Å². The Balaban J connectivity index is 2.14. The molecule has 0 unspecified atom stereocenters. The van der Waals surface area contributed by atoms with E-state index >= 15 is 0 Å². The van der Waals surface area contributed by atoms with Crippen LogP contribution in [0.25, 0.3) is 0 Å². The van der Waals surface area contributed by atoms with Gasteiger partial charge in [0, 0.05) is 6.07 Å². The first-order chi connectivity index (χ1) is 8.15. The zero-order valence-corrected chi connectivity index (χ0v) is 9.38. The average molecular weight is 228 g/mol. The molecule has 0 amide bonds. The van der Waals surface area contributed by atoms with Crippen LogP contribution in [0.15, 0.2) is 48.5 Å².